The molecule has 0 saturated carbocycles. The van der Waals surface area contributed by atoms with Gasteiger partial charge in [-0.15, -0.1) is 0 Å². The number of carbonyl (C=O) groups is 2. The van der Waals surface area contributed by atoms with Gasteiger partial charge in [-0.05, 0) is 0 Å². The molecule has 4 nitrogen and oxygen atoms in total. The maximum absolute atomic E-state index is 9.10. The summed E-state index contributed by atoms with van der Waals surface area (Å²) in [4.78, 5) is 18.2. The fraction of sp³-hybridized carbons (Fsp3) is 0. The van der Waals surface area contributed by atoms with Crippen molar-refractivity contribution in [2.75, 3.05) is 0 Å². The first-order valence-corrected chi connectivity index (χ1v) is 1.11. The molecule has 7 heavy (non-hydrogen) atoms. The first kappa shape index (κ1) is 9.28. The van der Waals surface area contributed by atoms with Gasteiger partial charge in [0.15, 0.2) is 0 Å². The summed E-state index contributed by atoms with van der Waals surface area (Å²) in [5, 5.41) is 14.8. The number of carboxylic acid groups (broad SMARTS) is 2. The Bertz CT molecular complexity index is 75.7. The van der Waals surface area contributed by atoms with Crippen LogP contribution in [0.2, 0.25) is 0 Å². The SMILES string of the molecule is O=C(O)C(=O)O.[He]. The second-order valence-corrected chi connectivity index (χ2v) is 0.610. The molecule has 0 aliphatic rings. The van der Waals surface area contributed by atoms with Gasteiger partial charge in [0.05, 0.1) is 0 Å². The van der Waals surface area contributed by atoms with Crippen LogP contribution >= 0.6 is 0 Å². The van der Waals surface area contributed by atoms with E-state index in [0.29, 0.717) is 0 Å². The van der Waals surface area contributed by atoms with E-state index in [1.807, 2.05) is 0 Å². The van der Waals surface area contributed by atoms with Crippen LogP contribution < -0.4 is 0 Å². The van der Waals surface area contributed by atoms with E-state index in [1.54, 1.807) is 0 Å². The van der Waals surface area contributed by atoms with Gasteiger partial charge < -0.3 is 10.2 Å². The van der Waals surface area contributed by atoms with Gasteiger partial charge in [0, 0.05) is 6.15 Å². The number of hydrogen-bond donors (Lipinski definition) is 2. The summed E-state index contributed by atoms with van der Waals surface area (Å²) in [6.07, 6.45) is 0. The molecule has 0 rings (SSSR count). The first-order chi connectivity index (χ1) is 2.64. The topological polar surface area (TPSA) is 74.6 Å². The van der Waals surface area contributed by atoms with Crippen LogP contribution in [0.15, 0.2) is 0 Å². The van der Waals surface area contributed by atoms with E-state index in [-0.39, 0.29) is 6.15 Å². The molecule has 2 N–H and O–H groups in total. The van der Waals surface area contributed by atoms with E-state index >= 15 is 0 Å². The fourth-order valence-corrected chi connectivity index (χ4v) is 0. The van der Waals surface area contributed by atoms with Gasteiger partial charge in [0.25, 0.3) is 0 Å². The average molecular weight is 94.0 g/mol. The molecule has 0 aliphatic heterocycles. The van der Waals surface area contributed by atoms with Crippen molar-refractivity contribution in [3.63, 3.8) is 0 Å². The Balaban J connectivity index is 0. The van der Waals surface area contributed by atoms with Gasteiger partial charge in [-0.25, -0.2) is 9.59 Å². The zero-order valence-corrected chi connectivity index (χ0v) is 3.42. The quantitative estimate of drug-likeness (QED) is 0.383. The normalized spacial score (nSPS) is 6.29. The van der Waals surface area contributed by atoms with Crippen LogP contribution in [0.25, 0.3) is 0 Å². The van der Waals surface area contributed by atoms with Gasteiger partial charge in [-0.2, -0.15) is 0 Å². The van der Waals surface area contributed by atoms with E-state index in [9.17, 15) is 0 Å². The van der Waals surface area contributed by atoms with Gasteiger partial charge >= 0.3 is 11.9 Å². The van der Waals surface area contributed by atoms with Crippen LogP contribution in [0, 0.1) is 6.15 Å². The number of hydrogen-bond acceptors (Lipinski definition) is 2. The molecule has 0 aromatic carbocycles. The van der Waals surface area contributed by atoms with Crippen molar-refractivity contribution in [2.45, 2.75) is 0 Å². The third-order valence-electron chi connectivity index (χ3n) is 0.183. The molecule has 0 amide bonds. The van der Waals surface area contributed by atoms with Gasteiger partial charge in [0.1, 0.15) is 0 Å². The Morgan fingerprint density at radius 3 is 1.14 bits per heavy atom. The molecule has 0 spiro atoms. The van der Waals surface area contributed by atoms with Crippen LogP contribution in [0.3, 0.4) is 0 Å². The standard InChI is InChI=1S/C2H2O4.He/c3-1(4)2(5)6;/h(H,3,4)(H,5,6);. The Morgan fingerprint density at radius 1 is 1.00 bits per heavy atom. The number of rotatable bonds is 0. The molecule has 0 fully saturated rings. The molecule has 0 bridgehead atoms. The van der Waals surface area contributed by atoms with Crippen molar-refractivity contribution in [3.8, 4) is 0 Å². The predicted octanol–water partition coefficient (Wildman–Crippen LogP) is -0.844. The third-order valence-corrected chi connectivity index (χ3v) is 0.183. The summed E-state index contributed by atoms with van der Waals surface area (Å²) >= 11 is 0. The maximum atomic E-state index is 9.10. The molecule has 0 radical (unpaired) electrons. The van der Waals surface area contributed by atoms with Gasteiger partial charge in [-0.1, -0.05) is 0 Å². The van der Waals surface area contributed by atoms with Crippen LogP contribution in [0.4, 0.5) is 0 Å². The number of carboxylic acids is 2. The van der Waals surface area contributed by atoms with Gasteiger partial charge in [-0.3, -0.25) is 0 Å². The Labute approximate surface area is 39.2 Å². The minimum absolute atomic E-state index is 0. The van der Waals surface area contributed by atoms with E-state index in [4.69, 9.17) is 19.8 Å². The second-order valence-electron chi connectivity index (χ2n) is 0.610. The Morgan fingerprint density at radius 2 is 1.14 bits per heavy atom. The van der Waals surface area contributed by atoms with Crippen molar-refractivity contribution in [2.24, 2.45) is 0 Å². The molecule has 0 atom stereocenters. The van der Waals surface area contributed by atoms with Crippen molar-refractivity contribution < 1.29 is 26.0 Å². The molecule has 36 valence electrons. The largest absolute Gasteiger partial charge is 0.473 e. The Kier molecular flexibility index (Phi) is 4.05. The summed E-state index contributed by atoms with van der Waals surface area (Å²) in [6.45, 7) is 0. The summed E-state index contributed by atoms with van der Waals surface area (Å²) in [6, 6.07) is 0. The molecule has 0 unspecified atom stereocenters. The third kappa shape index (κ3) is 4.85. The molecule has 0 aliphatic carbocycles. The maximum Gasteiger partial charge on any atom is 0.414 e. The van der Waals surface area contributed by atoms with Crippen LogP contribution in [0.5, 0.6) is 0 Å². The van der Waals surface area contributed by atoms with Crippen molar-refractivity contribution in [3.05, 3.63) is 0 Å². The molecule has 0 aromatic heterocycles. The number of aliphatic carboxylic acids is 2. The van der Waals surface area contributed by atoms with Crippen LogP contribution in [-0.4, -0.2) is 22.2 Å². The monoisotopic (exact) mass is 94.0 g/mol. The second kappa shape index (κ2) is 3.06. The molecular formula is C2H2HeO4. The fourth-order valence-electron chi connectivity index (χ4n) is 0. The van der Waals surface area contributed by atoms with Gasteiger partial charge in [0.2, 0.25) is 0 Å². The zero-order chi connectivity index (χ0) is 5.15. The van der Waals surface area contributed by atoms with E-state index in [1.165, 1.54) is 0 Å². The van der Waals surface area contributed by atoms with Crippen LogP contribution in [-0.2, 0) is 9.59 Å². The van der Waals surface area contributed by atoms with Crippen molar-refractivity contribution in [1.29, 1.82) is 0 Å². The zero-order valence-electron chi connectivity index (χ0n) is 3.42. The molecule has 5 heteroatoms. The average Bonchev–Trinajstić information content (AvgIpc) is 1.36. The Hall–Kier alpha value is -1.15. The van der Waals surface area contributed by atoms with Crippen molar-refractivity contribution >= 4 is 11.9 Å². The molecular weight excluding hydrogens is 92.0 g/mol. The summed E-state index contributed by atoms with van der Waals surface area (Å²) in [5.74, 6) is -3.65. The predicted molar refractivity (Wildman–Crippen MR) is 15.3 cm³/mol. The molecule has 0 aromatic rings. The summed E-state index contributed by atoms with van der Waals surface area (Å²) in [5.41, 5.74) is 0. The molecule has 0 heterocycles. The van der Waals surface area contributed by atoms with Crippen molar-refractivity contribution in [1.82, 2.24) is 0 Å². The minimum atomic E-state index is -1.82. The first-order valence-electron chi connectivity index (χ1n) is 1.11. The summed E-state index contributed by atoms with van der Waals surface area (Å²) < 4.78 is 0. The van der Waals surface area contributed by atoms with E-state index in [0.717, 1.165) is 0 Å². The van der Waals surface area contributed by atoms with E-state index < -0.39 is 11.9 Å². The molecule has 0 saturated heterocycles. The minimum Gasteiger partial charge on any atom is -0.473 e. The van der Waals surface area contributed by atoms with Crippen LogP contribution in [0.1, 0.15) is 0 Å². The summed E-state index contributed by atoms with van der Waals surface area (Å²) in [7, 11) is 0. The van der Waals surface area contributed by atoms with E-state index in [2.05, 4.69) is 0 Å². The smallest absolute Gasteiger partial charge is 0.414 e.